The highest BCUT2D eigenvalue weighted by Crippen LogP contribution is 2.29. The van der Waals surface area contributed by atoms with Crippen molar-refractivity contribution in [3.8, 4) is 11.8 Å². The first-order chi connectivity index (χ1) is 9.90. The molecule has 20 heavy (non-hydrogen) atoms. The third kappa shape index (κ3) is 4.37. The fourth-order valence-corrected chi connectivity index (χ4v) is 2.87. The van der Waals surface area contributed by atoms with Crippen molar-refractivity contribution < 1.29 is 0 Å². The summed E-state index contributed by atoms with van der Waals surface area (Å²) in [6.45, 7) is 4.50. The number of benzene rings is 1. The molecule has 2 fully saturated rings. The lowest BCUT2D eigenvalue weighted by Crippen LogP contribution is -2.38. The van der Waals surface area contributed by atoms with Gasteiger partial charge in [0.25, 0.3) is 0 Å². The molecule has 1 atom stereocenters. The van der Waals surface area contributed by atoms with Gasteiger partial charge in [0.2, 0.25) is 0 Å². The van der Waals surface area contributed by atoms with Crippen molar-refractivity contribution in [1.82, 2.24) is 10.2 Å². The van der Waals surface area contributed by atoms with E-state index in [4.69, 9.17) is 0 Å². The zero-order valence-corrected chi connectivity index (χ0v) is 12.1. The van der Waals surface area contributed by atoms with E-state index in [1.807, 2.05) is 6.07 Å². The van der Waals surface area contributed by atoms with Crippen LogP contribution in [0.1, 0.15) is 31.2 Å². The van der Waals surface area contributed by atoms with Crippen LogP contribution in [0.3, 0.4) is 0 Å². The SMILES string of the molecule is C(#Cc1ccccc1)CN(CC1CC1)CC1CCCN1. The summed E-state index contributed by atoms with van der Waals surface area (Å²) >= 11 is 0. The normalized spacial score (nSPS) is 21.8. The van der Waals surface area contributed by atoms with Crippen molar-refractivity contribution in [1.29, 1.82) is 0 Å². The Kier molecular flexibility index (Phi) is 4.73. The van der Waals surface area contributed by atoms with Crippen molar-refractivity contribution >= 4 is 0 Å². The van der Waals surface area contributed by atoms with E-state index in [1.54, 1.807) is 0 Å². The average molecular weight is 268 g/mol. The van der Waals surface area contributed by atoms with E-state index in [0.29, 0.717) is 6.04 Å². The van der Waals surface area contributed by atoms with Gasteiger partial charge in [-0.15, -0.1) is 0 Å². The second kappa shape index (κ2) is 6.92. The van der Waals surface area contributed by atoms with E-state index in [2.05, 4.69) is 46.3 Å². The van der Waals surface area contributed by atoms with Crippen molar-refractivity contribution in [2.45, 2.75) is 31.7 Å². The summed E-state index contributed by atoms with van der Waals surface area (Å²) in [6, 6.07) is 11.0. The van der Waals surface area contributed by atoms with Crippen LogP contribution in [0.15, 0.2) is 30.3 Å². The topological polar surface area (TPSA) is 15.3 Å². The van der Waals surface area contributed by atoms with Crippen molar-refractivity contribution in [2.24, 2.45) is 5.92 Å². The maximum Gasteiger partial charge on any atom is 0.0605 e. The maximum atomic E-state index is 3.60. The summed E-state index contributed by atoms with van der Waals surface area (Å²) < 4.78 is 0. The molecule has 0 radical (unpaired) electrons. The summed E-state index contributed by atoms with van der Waals surface area (Å²) in [5, 5.41) is 3.60. The van der Waals surface area contributed by atoms with E-state index < -0.39 is 0 Å². The molecule has 3 rings (SSSR count). The average Bonchev–Trinajstić information content (AvgIpc) is 3.13. The van der Waals surface area contributed by atoms with E-state index in [1.165, 1.54) is 45.3 Å². The van der Waals surface area contributed by atoms with Gasteiger partial charge in [-0.05, 0) is 50.3 Å². The minimum atomic E-state index is 0.687. The van der Waals surface area contributed by atoms with Gasteiger partial charge >= 0.3 is 0 Å². The molecular formula is C18H24N2. The number of hydrogen-bond acceptors (Lipinski definition) is 2. The monoisotopic (exact) mass is 268 g/mol. The lowest BCUT2D eigenvalue weighted by Gasteiger charge is -2.23. The number of rotatable bonds is 5. The minimum Gasteiger partial charge on any atom is -0.313 e. The third-order valence-corrected chi connectivity index (χ3v) is 4.16. The molecule has 2 aliphatic rings. The van der Waals surface area contributed by atoms with Gasteiger partial charge in [0.05, 0.1) is 6.54 Å². The largest absolute Gasteiger partial charge is 0.313 e. The summed E-state index contributed by atoms with van der Waals surface area (Å²) in [7, 11) is 0. The van der Waals surface area contributed by atoms with Crippen molar-refractivity contribution in [3.63, 3.8) is 0 Å². The van der Waals surface area contributed by atoms with Crippen LogP contribution in [-0.4, -0.2) is 37.1 Å². The highest BCUT2D eigenvalue weighted by Gasteiger charge is 2.25. The first-order valence-corrected chi connectivity index (χ1v) is 7.90. The molecule has 0 amide bonds. The van der Waals surface area contributed by atoms with Crippen LogP contribution in [0, 0.1) is 17.8 Å². The molecule has 1 aromatic rings. The first kappa shape index (κ1) is 13.7. The van der Waals surface area contributed by atoms with Crippen LogP contribution in [0.5, 0.6) is 0 Å². The van der Waals surface area contributed by atoms with Crippen LogP contribution in [0.4, 0.5) is 0 Å². The lowest BCUT2D eigenvalue weighted by atomic mass is 10.2. The molecule has 1 saturated carbocycles. The molecule has 1 aliphatic carbocycles. The third-order valence-electron chi connectivity index (χ3n) is 4.16. The molecule has 106 valence electrons. The minimum absolute atomic E-state index is 0.687. The van der Waals surface area contributed by atoms with Crippen LogP contribution >= 0.6 is 0 Å². The Morgan fingerprint density at radius 3 is 2.65 bits per heavy atom. The molecular weight excluding hydrogens is 244 g/mol. The predicted octanol–water partition coefficient (Wildman–Crippen LogP) is 2.50. The quantitative estimate of drug-likeness (QED) is 0.826. The zero-order chi connectivity index (χ0) is 13.6. The number of nitrogens with zero attached hydrogens (tertiary/aromatic N) is 1. The Labute approximate surface area is 122 Å². The Morgan fingerprint density at radius 1 is 1.10 bits per heavy atom. The second-order valence-electron chi connectivity index (χ2n) is 6.10. The molecule has 1 aliphatic heterocycles. The first-order valence-electron chi connectivity index (χ1n) is 7.90. The molecule has 2 heteroatoms. The van der Waals surface area contributed by atoms with E-state index in [-0.39, 0.29) is 0 Å². The van der Waals surface area contributed by atoms with Gasteiger partial charge in [-0.2, -0.15) is 0 Å². The van der Waals surface area contributed by atoms with Gasteiger partial charge in [0, 0.05) is 24.7 Å². The van der Waals surface area contributed by atoms with Gasteiger partial charge in [-0.1, -0.05) is 30.0 Å². The molecule has 0 aromatic heterocycles. The van der Waals surface area contributed by atoms with E-state index in [0.717, 1.165) is 18.0 Å². The molecule has 1 saturated heterocycles. The van der Waals surface area contributed by atoms with Gasteiger partial charge in [-0.3, -0.25) is 4.90 Å². The predicted molar refractivity (Wildman–Crippen MR) is 83.5 cm³/mol. The fraction of sp³-hybridized carbons (Fsp3) is 0.556. The second-order valence-corrected chi connectivity index (χ2v) is 6.10. The van der Waals surface area contributed by atoms with Crippen LogP contribution in [0.25, 0.3) is 0 Å². The molecule has 1 aromatic carbocycles. The summed E-state index contributed by atoms with van der Waals surface area (Å²) in [4.78, 5) is 2.55. The molecule has 0 spiro atoms. The van der Waals surface area contributed by atoms with Gasteiger partial charge < -0.3 is 5.32 Å². The highest BCUT2D eigenvalue weighted by molar-refractivity contribution is 5.33. The lowest BCUT2D eigenvalue weighted by molar-refractivity contribution is 0.267. The molecule has 1 unspecified atom stereocenters. The smallest absolute Gasteiger partial charge is 0.0605 e. The van der Waals surface area contributed by atoms with Crippen LogP contribution in [-0.2, 0) is 0 Å². The Bertz CT molecular complexity index is 461. The molecule has 0 bridgehead atoms. The fourth-order valence-electron chi connectivity index (χ4n) is 2.87. The Hall–Kier alpha value is -1.30. The van der Waals surface area contributed by atoms with Gasteiger partial charge in [-0.25, -0.2) is 0 Å². The maximum absolute atomic E-state index is 3.60. The highest BCUT2D eigenvalue weighted by atomic mass is 15.2. The van der Waals surface area contributed by atoms with Gasteiger partial charge in [0.1, 0.15) is 0 Å². The van der Waals surface area contributed by atoms with Crippen LogP contribution in [0.2, 0.25) is 0 Å². The standard InChI is InChI=1S/C18H24N2/c1-2-6-16(7-3-1)8-5-13-20(14-17-10-11-17)15-18-9-4-12-19-18/h1-3,6-7,17-19H,4,9-15H2. The van der Waals surface area contributed by atoms with Crippen molar-refractivity contribution in [3.05, 3.63) is 35.9 Å². The Morgan fingerprint density at radius 2 is 1.95 bits per heavy atom. The van der Waals surface area contributed by atoms with Crippen molar-refractivity contribution in [2.75, 3.05) is 26.2 Å². The summed E-state index contributed by atoms with van der Waals surface area (Å²) in [5.74, 6) is 7.58. The number of nitrogens with one attached hydrogen (secondary N) is 1. The molecule has 1 heterocycles. The summed E-state index contributed by atoms with van der Waals surface area (Å²) in [5.41, 5.74) is 1.12. The molecule has 1 N–H and O–H groups in total. The van der Waals surface area contributed by atoms with E-state index >= 15 is 0 Å². The van der Waals surface area contributed by atoms with Crippen LogP contribution < -0.4 is 5.32 Å². The number of hydrogen-bond donors (Lipinski definition) is 1. The zero-order valence-electron chi connectivity index (χ0n) is 12.1. The summed E-state index contributed by atoms with van der Waals surface area (Å²) in [6.07, 6.45) is 5.49. The van der Waals surface area contributed by atoms with Gasteiger partial charge in [0.15, 0.2) is 0 Å². The molecule has 2 nitrogen and oxygen atoms in total. The van der Waals surface area contributed by atoms with E-state index in [9.17, 15) is 0 Å². The Balaban J connectivity index is 1.53.